The lowest BCUT2D eigenvalue weighted by Gasteiger charge is -2.19. The minimum Gasteiger partial charge on any atom is -0.504 e. The van der Waals surface area contributed by atoms with Crippen LogP contribution in [0.3, 0.4) is 0 Å². The number of phenolic OH excluding ortho intramolecular Hbond substituents is 1. The van der Waals surface area contributed by atoms with Gasteiger partial charge < -0.3 is 20.1 Å². The van der Waals surface area contributed by atoms with Gasteiger partial charge in [-0.2, -0.15) is 0 Å². The van der Waals surface area contributed by atoms with Crippen molar-refractivity contribution in [2.24, 2.45) is 0 Å². The first-order valence-corrected chi connectivity index (χ1v) is 8.95. The van der Waals surface area contributed by atoms with Gasteiger partial charge in [0.05, 0.1) is 6.61 Å². The number of aromatic carboxylic acids is 1. The molecule has 1 aromatic rings. The van der Waals surface area contributed by atoms with E-state index in [0.29, 0.717) is 30.6 Å². The highest BCUT2D eigenvalue weighted by Gasteiger charge is 2.27. The van der Waals surface area contributed by atoms with E-state index in [-0.39, 0.29) is 17.1 Å². The molecule has 3 N–H and O–H groups in total. The van der Waals surface area contributed by atoms with Gasteiger partial charge in [-0.05, 0) is 19.3 Å². The molecule has 0 saturated heterocycles. The summed E-state index contributed by atoms with van der Waals surface area (Å²) in [5.74, 6) is -2.04. The fourth-order valence-electron chi connectivity index (χ4n) is 2.97. The van der Waals surface area contributed by atoms with Crippen LogP contribution in [-0.4, -0.2) is 27.9 Å². The van der Waals surface area contributed by atoms with Crippen LogP contribution in [0, 0.1) is 0 Å². The Morgan fingerprint density at radius 1 is 0.875 bits per heavy atom. The van der Waals surface area contributed by atoms with Gasteiger partial charge in [0.2, 0.25) is 0 Å². The third-order valence-electron chi connectivity index (χ3n) is 4.28. The summed E-state index contributed by atoms with van der Waals surface area (Å²) in [6, 6.07) is 0. The minimum absolute atomic E-state index is 0.200. The Morgan fingerprint density at radius 3 is 2.00 bits per heavy atom. The summed E-state index contributed by atoms with van der Waals surface area (Å²) in [5.41, 5.74) is 0.877. The summed E-state index contributed by atoms with van der Waals surface area (Å²) < 4.78 is 5.75. The second-order valence-corrected chi connectivity index (χ2v) is 5.99. The minimum atomic E-state index is -1.29. The number of ether oxygens (including phenoxy) is 1. The summed E-state index contributed by atoms with van der Waals surface area (Å²) in [6.45, 7) is 6.32. The molecule has 5 heteroatoms. The number of benzene rings is 1. The average molecular weight is 338 g/mol. The van der Waals surface area contributed by atoms with Gasteiger partial charge in [-0.25, -0.2) is 4.79 Å². The summed E-state index contributed by atoms with van der Waals surface area (Å²) in [5, 5.41) is 29.6. The number of hydrogen-bond acceptors (Lipinski definition) is 4. The highest BCUT2D eigenvalue weighted by molar-refractivity contribution is 5.96. The van der Waals surface area contributed by atoms with Crippen molar-refractivity contribution in [2.45, 2.75) is 72.1 Å². The van der Waals surface area contributed by atoms with E-state index in [1.165, 1.54) is 19.3 Å². The number of phenols is 2. The number of hydrogen-bond donors (Lipinski definition) is 3. The number of unbranched alkanes of at least 4 members (excludes halogenated alkanes) is 5. The van der Waals surface area contributed by atoms with Crippen molar-refractivity contribution in [1.82, 2.24) is 0 Å². The first-order chi connectivity index (χ1) is 11.5. The van der Waals surface area contributed by atoms with Crippen molar-refractivity contribution >= 4 is 5.97 Å². The Balaban J connectivity index is 2.94. The molecule has 136 valence electrons. The molecule has 0 amide bonds. The predicted molar refractivity (Wildman–Crippen MR) is 94.4 cm³/mol. The molecule has 0 atom stereocenters. The molecular formula is C19H30O5. The third-order valence-corrected chi connectivity index (χ3v) is 4.28. The van der Waals surface area contributed by atoms with Gasteiger partial charge in [0, 0.05) is 11.1 Å². The van der Waals surface area contributed by atoms with Gasteiger partial charge in [0.25, 0.3) is 0 Å². The predicted octanol–water partition coefficient (Wildman–Crippen LogP) is 4.66. The van der Waals surface area contributed by atoms with Crippen molar-refractivity contribution in [3.05, 3.63) is 16.7 Å². The lowest BCUT2D eigenvalue weighted by molar-refractivity contribution is 0.0687. The molecule has 0 aliphatic heterocycles. The fourth-order valence-corrected chi connectivity index (χ4v) is 2.97. The zero-order chi connectivity index (χ0) is 18.1. The second kappa shape index (κ2) is 10.1. The molecule has 0 saturated carbocycles. The Labute approximate surface area is 144 Å². The van der Waals surface area contributed by atoms with Crippen LogP contribution in [0.5, 0.6) is 17.2 Å². The van der Waals surface area contributed by atoms with Crippen molar-refractivity contribution in [3.63, 3.8) is 0 Å². The summed E-state index contributed by atoms with van der Waals surface area (Å²) in [4.78, 5) is 11.5. The Bertz CT molecular complexity index is 551. The van der Waals surface area contributed by atoms with E-state index in [4.69, 9.17) is 4.74 Å². The maximum atomic E-state index is 11.5. The van der Waals surface area contributed by atoms with Gasteiger partial charge in [-0.3, -0.25) is 0 Å². The van der Waals surface area contributed by atoms with Crippen LogP contribution in [0.15, 0.2) is 0 Å². The molecule has 0 bridgehead atoms. The Kier molecular flexibility index (Phi) is 8.44. The topological polar surface area (TPSA) is 87.0 Å². The third kappa shape index (κ3) is 4.79. The lowest BCUT2D eigenvalue weighted by atomic mass is 9.96. The number of carbonyl (C=O) groups is 1. The quantitative estimate of drug-likeness (QED) is 0.403. The average Bonchev–Trinajstić information content (AvgIpc) is 2.56. The molecule has 5 nitrogen and oxygen atoms in total. The van der Waals surface area contributed by atoms with Crippen molar-refractivity contribution < 1.29 is 24.9 Å². The Hall–Kier alpha value is -1.91. The normalized spacial score (nSPS) is 10.8. The van der Waals surface area contributed by atoms with Crippen LogP contribution in [0.4, 0.5) is 0 Å². The van der Waals surface area contributed by atoms with Crippen LogP contribution in [-0.2, 0) is 12.8 Å². The van der Waals surface area contributed by atoms with Crippen LogP contribution in [0.25, 0.3) is 0 Å². The zero-order valence-corrected chi connectivity index (χ0v) is 15.0. The van der Waals surface area contributed by atoms with E-state index >= 15 is 0 Å². The molecular weight excluding hydrogens is 308 g/mol. The standard InChI is InChI=1S/C19H30O5/c1-4-7-8-9-10-11-12-24-18-14(6-3)13(5-2)16(20)17(21)15(18)19(22)23/h20-21H,4-12H2,1-3H3,(H,22,23). The SMILES string of the molecule is CCCCCCCCOc1c(CC)c(CC)c(O)c(O)c1C(=O)O. The highest BCUT2D eigenvalue weighted by Crippen LogP contribution is 2.43. The molecule has 1 rings (SSSR count). The van der Waals surface area contributed by atoms with Gasteiger partial charge in [-0.15, -0.1) is 0 Å². The summed E-state index contributed by atoms with van der Waals surface area (Å²) in [6.07, 6.45) is 7.69. The molecule has 0 heterocycles. The zero-order valence-electron chi connectivity index (χ0n) is 15.0. The van der Waals surface area contributed by atoms with Crippen molar-refractivity contribution in [2.75, 3.05) is 6.61 Å². The van der Waals surface area contributed by atoms with Crippen molar-refractivity contribution in [1.29, 1.82) is 0 Å². The van der Waals surface area contributed by atoms with Gasteiger partial charge >= 0.3 is 5.97 Å². The van der Waals surface area contributed by atoms with Crippen LogP contribution >= 0.6 is 0 Å². The van der Waals surface area contributed by atoms with Gasteiger partial charge in [-0.1, -0.05) is 52.9 Å². The number of rotatable bonds is 11. The van der Waals surface area contributed by atoms with E-state index in [9.17, 15) is 20.1 Å². The molecule has 0 unspecified atom stereocenters. The largest absolute Gasteiger partial charge is 0.504 e. The highest BCUT2D eigenvalue weighted by atomic mass is 16.5. The van der Waals surface area contributed by atoms with E-state index in [2.05, 4.69) is 6.92 Å². The van der Waals surface area contributed by atoms with E-state index in [1.54, 1.807) is 0 Å². The number of carboxylic acids is 1. The molecule has 0 spiro atoms. The van der Waals surface area contributed by atoms with Gasteiger partial charge in [0.1, 0.15) is 11.3 Å². The molecule has 0 aromatic heterocycles. The van der Waals surface area contributed by atoms with Gasteiger partial charge in [0.15, 0.2) is 11.5 Å². The molecule has 24 heavy (non-hydrogen) atoms. The molecule has 0 radical (unpaired) electrons. The van der Waals surface area contributed by atoms with E-state index in [0.717, 1.165) is 19.3 Å². The van der Waals surface area contributed by atoms with Crippen LogP contribution in [0.2, 0.25) is 0 Å². The molecule has 1 aromatic carbocycles. The van der Waals surface area contributed by atoms with Crippen LogP contribution in [0.1, 0.15) is 80.8 Å². The second-order valence-electron chi connectivity index (χ2n) is 5.99. The first-order valence-electron chi connectivity index (χ1n) is 8.95. The smallest absolute Gasteiger partial charge is 0.343 e. The molecule has 0 aliphatic carbocycles. The fraction of sp³-hybridized carbons (Fsp3) is 0.632. The molecule has 0 fully saturated rings. The van der Waals surface area contributed by atoms with E-state index in [1.807, 2.05) is 13.8 Å². The number of aromatic hydroxyl groups is 2. The summed E-state index contributed by atoms with van der Waals surface area (Å²) >= 11 is 0. The first kappa shape index (κ1) is 20.1. The van der Waals surface area contributed by atoms with E-state index < -0.39 is 11.7 Å². The Morgan fingerprint density at radius 2 is 1.46 bits per heavy atom. The van der Waals surface area contributed by atoms with Crippen molar-refractivity contribution in [3.8, 4) is 17.2 Å². The summed E-state index contributed by atoms with van der Waals surface area (Å²) in [7, 11) is 0. The number of carboxylic acid groups (broad SMARTS) is 1. The monoisotopic (exact) mass is 338 g/mol. The maximum Gasteiger partial charge on any atom is 0.343 e. The molecule has 0 aliphatic rings. The lowest BCUT2D eigenvalue weighted by Crippen LogP contribution is -2.10. The van der Waals surface area contributed by atoms with Crippen LogP contribution < -0.4 is 4.74 Å². The maximum absolute atomic E-state index is 11.5.